The SMILES string of the molecule is C1CCC(c2noc(C34CC5CC(CC(C5)C3)C4)n2)NC1. The first-order valence-corrected chi connectivity index (χ1v) is 8.88. The van der Waals surface area contributed by atoms with Crippen LogP contribution in [0.2, 0.25) is 0 Å². The Bertz CT molecular complexity index is 497. The number of nitrogens with one attached hydrogen (secondary N) is 1. The Kier molecular flexibility index (Phi) is 2.73. The van der Waals surface area contributed by atoms with Crippen molar-refractivity contribution < 1.29 is 4.52 Å². The highest BCUT2D eigenvalue weighted by atomic mass is 16.5. The summed E-state index contributed by atoms with van der Waals surface area (Å²) in [5, 5.41) is 7.89. The lowest BCUT2D eigenvalue weighted by Gasteiger charge is -2.55. The number of hydrogen-bond acceptors (Lipinski definition) is 4. The first-order valence-electron chi connectivity index (χ1n) is 8.88. The van der Waals surface area contributed by atoms with Crippen LogP contribution in [0.4, 0.5) is 0 Å². The highest BCUT2D eigenvalue weighted by Gasteiger charge is 2.54. The van der Waals surface area contributed by atoms with Crippen molar-refractivity contribution in [2.45, 2.75) is 69.2 Å². The standard InChI is InChI=1S/C17H25N3O/c1-2-4-18-14(3-1)15-19-16(21-20-15)17-8-11-5-12(9-17)7-13(6-11)10-17/h11-14,18H,1-10H2. The maximum atomic E-state index is 5.80. The van der Waals surface area contributed by atoms with Crippen LogP contribution < -0.4 is 5.32 Å². The van der Waals surface area contributed by atoms with Crippen LogP contribution in [0.1, 0.15) is 75.5 Å². The molecule has 1 aromatic rings. The quantitative estimate of drug-likeness (QED) is 0.906. The maximum absolute atomic E-state index is 5.80. The molecule has 1 aromatic heterocycles. The lowest BCUT2D eigenvalue weighted by Crippen LogP contribution is -2.48. The summed E-state index contributed by atoms with van der Waals surface area (Å²) in [4.78, 5) is 4.88. The highest BCUT2D eigenvalue weighted by Crippen LogP contribution is 2.60. The van der Waals surface area contributed by atoms with Gasteiger partial charge in [-0.05, 0) is 75.7 Å². The third-order valence-electron chi connectivity index (χ3n) is 6.56. The Labute approximate surface area is 126 Å². The molecule has 4 heteroatoms. The molecule has 4 aliphatic carbocycles. The van der Waals surface area contributed by atoms with Gasteiger partial charge in [0.15, 0.2) is 5.82 Å². The summed E-state index contributed by atoms with van der Waals surface area (Å²) in [5.74, 6) is 4.68. The smallest absolute Gasteiger partial charge is 0.232 e. The van der Waals surface area contributed by atoms with Crippen molar-refractivity contribution in [2.75, 3.05) is 6.54 Å². The summed E-state index contributed by atoms with van der Waals surface area (Å²) in [6, 6.07) is 0.324. The molecule has 1 saturated heterocycles. The van der Waals surface area contributed by atoms with E-state index < -0.39 is 0 Å². The maximum Gasteiger partial charge on any atom is 0.232 e. The lowest BCUT2D eigenvalue weighted by molar-refractivity contribution is -0.0201. The van der Waals surface area contributed by atoms with Gasteiger partial charge in [0, 0.05) is 0 Å². The van der Waals surface area contributed by atoms with Gasteiger partial charge in [-0.25, -0.2) is 0 Å². The molecule has 0 amide bonds. The molecule has 4 saturated carbocycles. The molecule has 0 radical (unpaired) electrons. The molecule has 1 N–H and O–H groups in total. The Morgan fingerprint density at radius 3 is 2.33 bits per heavy atom. The van der Waals surface area contributed by atoms with Gasteiger partial charge in [0.2, 0.25) is 5.89 Å². The van der Waals surface area contributed by atoms with Crippen molar-refractivity contribution in [1.29, 1.82) is 0 Å². The normalized spacial score (nSPS) is 45.1. The zero-order valence-electron chi connectivity index (χ0n) is 12.7. The minimum atomic E-state index is 0.245. The average Bonchev–Trinajstić information content (AvgIpc) is 2.97. The summed E-state index contributed by atoms with van der Waals surface area (Å²) in [6.07, 6.45) is 12.0. The van der Waals surface area contributed by atoms with E-state index in [9.17, 15) is 0 Å². The van der Waals surface area contributed by atoms with Crippen molar-refractivity contribution >= 4 is 0 Å². The van der Waals surface area contributed by atoms with Gasteiger partial charge in [0.05, 0.1) is 11.5 Å². The van der Waals surface area contributed by atoms with Crippen LogP contribution in [0.5, 0.6) is 0 Å². The molecule has 21 heavy (non-hydrogen) atoms. The van der Waals surface area contributed by atoms with Crippen molar-refractivity contribution in [2.24, 2.45) is 17.8 Å². The summed E-state index contributed by atoms with van der Waals surface area (Å²) in [7, 11) is 0. The molecule has 1 atom stereocenters. The number of piperidine rings is 1. The molecule has 4 nitrogen and oxygen atoms in total. The van der Waals surface area contributed by atoms with E-state index in [1.54, 1.807) is 0 Å². The van der Waals surface area contributed by atoms with Gasteiger partial charge < -0.3 is 9.84 Å². The fourth-order valence-corrected chi connectivity index (χ4v) is 6.04. The van der Waals surface area contributed by atoms with E-state index in [-0.39, 0.29) is 5.41 Å². The summed E-state index contributed by atoms with van der Waals surface area (Å²) in [5.41, 5.74) is 0.245. The van der Waals surface area contributed by atoms with E-state index in [0.29, 0.717) is 6.04 Å². The molecule has 5 aliphatic rings. The molecule has 4 bridgehead atoms. The molecule has 5 fully saturated rings. The third kappa shape index (κ3) is 1.98. The lowest BCUT2D eigenvalue weighted by atomic mass is 9.49. The van der Waals surface area contributed by atoms with Crippen LogP contribution in [0.25, 0.3) is 0 Å². The average molecular weight is 287 g/mol. The second kappa shape index (κ2) is 4.55. The minimum absolute atomic E-state index is 0.245. The molecule has 0 aromatic carbocycles. The molecular formula is C17H25N3O. The van der Waals surface area contributed by atoms with E-state index in [0.717, 1.165) is 42.4 Å². The van der Waals surface area contributed by atoms with Crippen LogP contribution in [0, 0.1) is 17.8 Å². The van der Waals surface area contributed by atoms with Crippen LogP contribution in [0.15, 0.2) is 4.52 Å². The van der Waals surface area contributed by atoms with Gasteiger partial charge in [0.1, 0.15) is 0 Å². The zero-order valence-corrected chi connectivity index (χ0v) is 12.7. The summed E-state index contributed by atoms with van der Waals surface area (Å²) in [6.45, 7) is 1.09. The van der Waals surface area contributed by atoms with Gasteiger partial charge in [-0.2, -0.15) is 4.98 Å². The van der Waals surface area contributed by atoms with Gasteiger partial charge in [-0.1, -0.05) is 11.6 Å². The zero-order chi connectivity index (χ0) is 13.9. The van der Waals surface area contributed by atoms with Crippen LogP contribution in [0.3, 0.4) is 0 Å². The van der Waals surface area contributed by atoms with Gasteiger partial charge in [0.25, 0.3) is 0 Å². The Balaban J connectivity index is 1.44. The molecule has 1 unspecified atom stereocenters. The first-order chi connectivity index (χ1) is 10.3. The van der Waals surface area contributed by atoms with Crippen LogP contribution in [-0.2, 0) is 5.41 Å². The first kappa shape index (κ1) is 12.6. The van der Waals surface area contributed by atoms with E-state index in [1.165, 1.54) is 51.4 Å². The fraction of sp³-hybridized carbons (Fsp3) is 0.882. The molecular weight excluding hydrogens is 262 g/mol. The minimum Gasteiger partial charge on any atom is -0.339 e. The highest BCUT2D eigenvalue weighted by molar-refractivity contribution is 5.16. The van der Waals surface area contributed by atoms with E-state index in [2.05, 4.69) is 10.5 Å². The van der Waals surface area contributed by atoms with Crippen molar-refractivity contribution in [3.63, 3.8) is 0 Å². The molecule has 0 spiro atoms. The molecule has 114 valence electrons. The van der Waals surface area contributed by atoms with Gasteiger partial charge in [-0.15, -0.1) is 0 Å². The predicted octanol–water partition coefficient (Wildman–Crippen LogP) is 3.35. The fourth-order valence-electron chi connectivity index (χ4n) is 6.04. The largest absolute Gasteiger partial charge is 0.339 e. The van der Waals surface area contributed by atoms with Crippen molar-refractivity contribution in [3.05, 3.63) is 11.7 Å². The van der Waals surface area contributed by atoms with Gasteiger partial charge >= 0.3 is 0 Å². The van der Waals surface area contributed by atoms with Crippen LogP contribution >= 0.6 is 0 Å². The van der Waals surface area contributed by atoms with Crippen molar-refractivity contribution in [1.82, 2.24) is 15.5 Å². The van der Waals surface area contributed by atoms with Crippen molar-refractivity contribution in [3.8, 4) is 0 Å². The summed E-state index contributed by atoms with van der Waals surface area (Å²) >= 11 is 0. The monoisotopic (exact) mass is 287 g/mol. The predicted molar refractivity (Wildman–Crippen MR) is 78.7 cm³/mol. The Morgan fingerprint density at radius 1 is 1.00 bits per heavy atom. The number of rotatable bonds is 2. The van der Waals surface area contributed by atoms with E-state index in [4.69, 9.17) is 9.51 Å². The van der Waals surface area contributed by atoms with E-state index >= 15 is 0 Å². The van der Waals surface area contributed by atoms with Crippen LogP contribution in [-0.4, -0.2) is 16.7 Å². The molecule has 6 rings (SSSR count). The second-order valence-corrected chi connectivity index (χ2v) is 8.16. The Hall–Kier alpha value is -0.900. The Morgan fingerprint density at radius 2 is 1.71 bits per heavy atom. The van der Waals surface area contributed by atoms with E-state index in [1.807, 2.05) is 0 Å². The van der Waals surface area contributed by atoms with Gasteiger partial charge in [-0.3, -0.25) is 0 Å². The third-order valence-corrected chi connectivity index (χ3v) is 6.56. The topological polar surface area (TPSA) is 51.0 Å². The number of aromatic nitrogens is 2. The molecule has 2 heterocycles. The molecule has 1 aliphatic heterocycles. The second-order valence-electron chi connectivity index (χ2n) is 8.16. The summed E-state index contributed by atoms with van der Waals surface area (Å²) < 4.78 is 5.80. The number of hydrogen-bond donors (Lipinski definition) is 1. The number of nitrogens with zero attached hydrogens (tertiary/aromatic N) is 2.